The molecule has 0 saturated carbocycles. The van der Waals surface area contributed by atoms with Crippen LogP contribution in [0.2, 0.25) is 0 Å². The Morgan fingerprint density at radius 2 is 1.29 bits per heavy atom. The minimum atomic E-state index is -1.99. The molecule has 0 radical (unpaired) electrons. The van der Waals surface area contributed by atoms with Gasteiger partial charge in [-0.3, -0.25) is 0 Å². The molecule has 2 saturated heterocycles. The van der Waals surface area contributed by atoms with Crippen LogP contribution >= 0.6 is 0 Å². The lowest BCUT2D eigenvalue weighted by Crippen LogP contribution is -2.65. The number of carboxylic acids is 1. The molecule has 220 valence electrons. The van der Waals surface area contributed by atoms with Gasteiger partial charge in [-0.2, -0.15) is 4.90 Å². The second-order valence-electron chi connectivity index (χ2n) is 11.8. The molecule has 2 aromatic carbocycles. The fourth-order valence-electron chi connectivity index (χ4n) is 5.73. The number of nitrogens with zero attached hydrogens (tertiary/aromatic N) is 2. The van der Waals surface area contributed by atoms with Crippen molar-refractivity contribution in [2.24, 2.45) is 5.92 Å². The van der Waals surface area contributed by atoms with Gasteiger partial charge in [0.25, 0.3) is 0 Å². The zero-order valence-corrected chi connectivity index (χ0v) is 23.9. The van der Waals surface area contributed by atoms with E-state index in [1.54, 1.807) is 49.9 Å². The van der Waals surface area contributed by atoms with Gasteiger partial charge in [-0.25, -0.2) is 19.2 Å². The van der Waals surface area contributed by atoms with Crippen LogP contribution in [0, 0.1) is 5.92 Å². The third-order valence-electron chi connectivity index (χ3n) is 7.81. The highest BCUT2D eigenvalue weighted by Gasteiger charge is 2.58. The van der Waals surface area contributed by atoms with Crippen molar-refractivity contribution in [1.29, 1.82) is 0 Å². The lowest BCUT2D eigenvalue weighted by molar-refractivity contribution is -0.155. The molecule has 3 amide bonds. The van der Waals surface area contributed by atoms with Gasteiger partial charge in [0.05, 0.1) is 0 Å². The normalized spacial score (nSPS) is 21.4. The molecule has 2 bridgehead atoms. The Morgan fingerprint density at radius 3 is 1.76 bits per heavy atom. The van der Waals surface area contributed by atoms with E-state index in [4.69, 9.17) is 14.2 Å². The summed E-state index contributed by atoms with van der Waals surface area (Å²) in [6.45, 7) is 6.25. The second-order valence-corrected chi connectivity index (χ2v) is 11.8. The SMILES string of the molecule is CC(C)(C)OC(=O)N(C(=O)OCc1ccccc1)[C@](C)(C(=O)O)C1CC2CCC(C1)N2C(=O)OCc1ccccc1. The van der Waals surface area contributed by atoms with Crippen LogP contribution in [0.1, 0.15) is 64.5 Å². The van der Waals surface area contributed by atoms with Crippen LogP contribution in [0.5, 0.6) is 0 Å². The molecule has 2 fully saturated rings. The van der Waals surface area contributed by atoms with Gasteiger partial charge < -0.3 is 24.2 Å². The fraction of sp³-hybridized carbons (Fsp3) is 0.484. The number of carbonyl (C=O) groups is 4. The maximum Gasteiger partial charge on any atom is 0.420 e. The van der Waals surface area contributed by atoms with Crippen LogP contribution < -0.4 is 0 Å². The van der Waals surface area contributed by atoms with Gasteiger partial charge in [-0.1, -0.05) is 60.7 Å². The second kappa shape index (κ2) is 12.2. The van der Waals surface area contributed by atoms with E-state index in [0.717, 1.165) is 5.56 Å². The zero-order valence-electron chi connectivity index (χ0n) is 23.9. The average molecular weight is 567 g/mol. The van der Waals surface area contributed by atoms with Crippen molar-refractivity contribution in [2.75, 3.05) is 0 Å². The summed E-state index contributed by atoms with van der Waals surface area (Å²) in [6, 6.07) is 17.7. The van der Waals surface area contributed by atoms with E-state index in [2.05, 4.69) is 0 Å². The molecule has 10 nitrogen and oxygen atoms in total. The number of carbonyl (C=O) groups excluding carboxylic acids is 3. The van der Waals surface area contributed by atoms with Gasteiger partial charge in [-0.15, -0.1) is 0 Å². The van der Waals surface area contributed by atoms with Crippen molar-refractivity contribution in [3.8, 4) is 0 Å². The van der Waals surface area contributed by atoms with Crippen molar-refractivity contribution in [2.45, 2.75) is 89.8 Å². The van der Waals surface area contributed by atoms with Crippen LogP contribution in [-0.4, -0.2) is 62.4 Å². The minimum absolute atomic E-state index is 0.131. The van der Waals surface area contributed by atoms with E-state index < -0.39 is 41.3 Å². The Labute approximate surface area is 240 Å². The highest BCUT2D eigenvalue weighted by Crippen LogP contribution is 2.45. The summed E-state index contributed by atoms with van der Waals surface area (Å²) in [4.78, 5) is 55.2. The molecule has 2 aromatic rings. The summed E-state index contributed by atoms with van der Waals surface area (Å²) in [5, 5.41) is 10.6. The number of hydrogen-bond donors (Lipinski definition) is 1. The van der Waals surface area contributed by atoms with Crippen molar-refractivity contribution in [1.82, 2.24) is 9.80 Å². The topological polar surface area (TPSA) is 123 Å². The number of rotatable bonds is 7. The van der Waals surface area contributed by atoms with Crippen LogP contribution in [0.15, 0.2) is 60.7 Å². The average Bonchev–Trinajstić information content (AvgIpc) is 3.19. The number of carboxylic acid groups (broad SMARTS) is 1. The zero-order chi connectivity index (χ0) is 29.8. The van der Waals surface area contributed by atoms with E-state index in [9.17, 15) is 24.3 Å². The maximum absolute atomic E-state index is 13.5. The summed E-state index contributed by atoms with van der Waals surface area (Å²) < 4.78 is 16.5. The summed E-state index contributed by atoms with van der Waals surface area (Å²) in [7, 11) is 0. The largest absolute Gasteiger partial charge is 0.479 e. The summed E-state index contributed by atoms with van der Waals surface area (Å²) in [5.74, 6) is -2.02. The molecule has 10 heteroatoms. The predicted molar refractivity (Wildman–Crippen MR) is 149 cm³/mol. The van der Waals surface area contributed by atoms with E-state index in [-0.39, 0.29) is 38.1 Å². The van der Waals surface area contributed by atoms with E-state index in [0.29, 0.717) is 23.3 Å². The van der Waals surface area contributed by atoms with E-state index in [1.165, 1.54) is 6.92 Å². The van der Waals surface area contributed by atoms with E-state index in [1.807, 2.05) is 36.4 Å². The van der Waals surface area contributed by atoms with Crippen molar-refractivity contribution in [3.05, 3.63) is 71.8 Å². The maximum atomic E-state index is 13.5. The van der Waals surface area contributed by atoms with Crippen LogP contribution in [0.4, 0.5) is 14.4 Å². The van der Waals surface area contributed by atoms with Gasteiger partial charge in [0, 0.05) is 12.1 Å². The van der Waals surface area contributed by atoms with Gasteiger partial charge in [-0.05, 0) is 70.4 Å². The Hall–Kier alpha value is -4.08. The lowest BCUT2D eigenvalue weighted by atomic mass is 9.75. The van der Waals surface area contributed by atoms with Crippen LogP contribution in [0.3, 0.4) is 0 Å². The smallest absolute Gasteiger partial charge is 0.420 e. The first-order valence-corrected chi connectivity index (χ1v) is 13.9. The third-order valence-corrected chi connectivity index (χ3v) is 7.81. The van der Waals surface area contributed by atoms with Crippen molar-refractivity contribution < 1.29 is 38.5 Å². The number of benzene rings is 2. The predicted octanol–water partition coefficient (Wildman–Crippen LogP) is 5.98. The van der Waals surface area contributed by atoms with Crippen LogP contribution in [-0.2, 0) is 32.2 Å². The van der Waals surface area contributed by atoms with Crippen molar-refractivity contribution >= 4 is 24.2 Å². The number of piperidine rings is 1. The van der Waals surface area contributed by atoms with Gasteiger partial charge in [0.1, 0.15) is 18.8 Å². The standard InChI is InChI=1S/C31H38N2O8/c1-30(2,3)41-29(38)33(28(37)40-20-22-13-9-6-10-14-22)31(4,26(34)35)23-17-24-15-16-25(18-23)32(24)27(36)39-19-21-11-7-5-8-12-21/h5-14,23-25H,15-20H2,1-4H3,(H,34,35)/t23?,24?,25?,31-/m0/s1. The Kier molecular flexibility index (Phi) is 8.89. The Morgan fingerprint density at radius 1 is 0.805 bits per heavy atom. The molecule has 2 heterocycles. The molecule has 2 aliphatic heterocycles. The molecule has 0 spiro atoms. The summed E-state index contributed by atoms with van der Waals surface area (Å²) >= 11 is 0. The summed E-state index contributed by atoms with van der Waals surface area (Å²) in [5.41, 5.74) is -1.43. The molecule has 3 atom stereocenters. The molecule has 2 aliphatic rings. The Balaban J connectivity index is 1.55. The molecule has 0 aliphatic carbocycles. The first-order valence-electron chi connectivity index (χ1n) is 13.9. The number of fused-ring (bicyclic) bond motifs is 2. The molecular formula is C31H38N2O8. The third kappa shape index (κ3) is 6.81. The Bertz CT molecular complexity index is 1230. The highest BCUT2D eigenvalue weighted by molar-refractivity contribution is 5.96. The molecule has 0 aromatic heterocycles. The minimum Gasteiger partial charge on any atom is -0.479 e. The molecule has 1 N–H and O–H groups in total. The van der Waals surface area contributed by atoms with Crippen LogP contribution in [0.25, 0.3) is 0 Å². The lowest BCUT2D eigenvalue weighted by Gasteiger charge is -2.47. The monoisotopic (exact) mass is 566 g/mol. The first kappa shape index (κ1) is 29.9. The first-order chi connectivity index (χ1) is 19.4. The molecule has 2 unspecified atom stereocenters. The molecular weight excluding hydrogens is 528 g/mol. The van der Waals surface area contributed by atoms with Gasteiger partial charge in [0.15, 0.2) is 5.54 Å². The van der Waals surface area contributed by atoms with Gasteiger partial charge >= 0.3 is 24.2 Å². The van der Waals surface area contributed by atoms with Gasteiger partial charge in [0.2, 0.25) is 0 Å². The quantitative estimate of drug-likeness (QED) is 0.406. The number of imide groups is 1. The summed E-state index contributed by atoms with van der Waals surface area (Å²) in [6.07, 6.45) is -0.786. The van der Waals surface area contributed by atoms with Crippen molar-refractivity contribution in [3.63, 3.8) is 0 Å². The number of amides is 3. The number of ether oxygens (including phenoxy) is 3. The number of hydrogen-bond acceptors (Lipinski definition) is 7. The molecule has 4 rings (SSSR count). The number of aliphatic carboxylic acids is 1. The fourth-order valence-corrected chi connectivity index (χ4v) is 5.73. The van der Waals surface area contributed by atoms with E-state index >= 15 is 0 Å². The highest BCUT2D eigenvalue weighted by atomic mass is 16.6. The molecule has 41 heavy (non-hydrogen) atoms.